The van der Waals surface area contributed by atoms with E-state index in [0.29, 0.717) is 42.1 Å². The van der Waals surface area contributed by atoms with Crippen molar-refractivity contribution in [2.24, 2.45) is 0 Å². The fourth-order valence-corrected chi connectivity index (χ4v) is 5.67. The van der Waals surface area contributed by atoms with Gasteiger partial charge in [0.15, 0.2) is 11.6 Å². The predicted octanol–water partition coefficient (Wildman–Crippen LogP) is 5.65. The van der Waals surface area contributed by atoms with Crippen LogP contribution in [0.15, 0.2) is 34.7 Å². The summed E-state index contributed by atoms with van der Waals surface area (Å²) in [6.45, 7) is 1.99. The molecule has 1 amide bonds. The molecule has 0 unspecified atom stereocenters. The third-order valence-electron chi connectivity index (χ3n) is 6.45. The van der Waals surface area contributed by atoms with Gasteiger partial charge in [-0.1, -0.05) is 11.6 Å². The molecule has 214 valence electrons. The molecule has 1 aliphatic rings. The number of halogens is 4. The predicted molar refractivity (Wildman–Crippen MR) is 148 cm³/mol. The molecule has 1 N–H and O–H groups in total. The van der Waals surface area contributed by atoms with E-state index in [1.165, 1.54) is 30.5 Å². The molecule has 5 heterocycles. The first-order valence-corrected chi connectivity index (χ1v) is 13.8. The van der Waals surface area contributed by atoms with Crippen LogP contribution in [0.2, 0.25) is 5.02 Å². The molecule has 0 fully saturated rings. The van der Waals surface area contributed by atoms with E-state index in [1.54, 1.807) is 19.2 Å². The second-order valence-electron chi connectivity index (χ2n) is 9.99. The summed E-state index contributed by atoms with van der Waals surface area (Å²) in [6.07, 6.45) is 4.06. The van der Waals surface area contributed by atoms with Crippen LogP contribution in [-0.2, 0) is 29.7 Å². The minimum absolute atomic E-state index is 0.0666. The minimum atomic E-state index is -2.93. The van der Waals surface area contributed by atoms with Crippen molar-refractivity contribution in [1.29, 1.82) is 0 Å². The Balaban J connectivity index is 1.61. The van der Waals surface area contributed by atoms with Crippen molar-refractivity contribution in [1.82, 2.24) is 24.8 Å². The van der Waals surface area contributed by atoms with Gasteiger partial charge in [-0.25, -0.2) is 18.2 Å². The molecular weight excluding hydrogens is 579 g/mol. The SMILES string of the molecule is [2H]C([2H])(Oc1cc2n(c(=O)c1Cl)-c1c(cnc(-c3csc(C(C)(C)NC(C)=O)n3)c1F)CCCC2)c1ncc(F)cc1F. The van der Waals surface area contributed by atoms with Crippen molar-refractivity contribution < 1.29 is 25.4 Å². The lowest BCUT2D eigenvalue weighted by Crippen LogP contribution is -2.39. The van der Waals surface area contributed by atoms with Gasteiger partial charge in [0.1, 0.15) is 45.2 Å². The van der Waals surface area contributed by atoms with Gasteiger partial charge in [0.05, 0.1) is 20.2 Å². The molecule has 0 atom stereocenters. The van der Waals surface area contributed by atoms with Crippen molar-refractivity contribution in [3.8, 4) is 22.8 Å². The summed E-state index contributed by atoms with van der Waals surface area (Å²) < 4.78 is 66.9. The van der Waals surface area contributed by atoms with Gasteiger partial charge in [0.2, 0.25) is 5.91 Å². The Kier molecular flexibility index (Phi) is 7.17. The summed E-state index contributed by atoms with van der Waals surface area (Å²) in [6, 6.07) is 1.76. The fourth-order valence-electron chi connectivity index (χ4n) is 4.61. The zero-order chi connectivity index (χ0) is 31.3. The molecule has 0 aliphatic carbocycles. The number of carbonyl (C=O) groups is 1. The molecule has 41 heavy (non-hydrogen) atoms. The molecule has 0 radical (unpaired) electrons. The average Bonchev–Trinajstić information content (AvgIpc) is 3.39. The number of hydrogen-bond donors (Lipinski definition) is 1. The number of fused-ring (bicyclic) bond motifs is 3. The maximum absolute atomic E-state index is 16.4. The Morgan fingerprint density at radius 2 is 1.98 bits per heavy atom. The van der Waals surface area contributed by atoms with Gasteiger partial charge < -0.3 is 10.1 Å². The average molecular weight is 606 g/mol. The number of pyridine rings is 3. The number of carbonyl (C=O) groups excluding carboxylic acids is 1. The highest BCUT2D eigenvalue weighted by Crippen LogP contribution is 2.35. The zero-order valence-electron chi connectivity index (χ0n) is 24.1. The molecule has 0 spiro atoms. The molecule has 4 aromatic heterocycles. The second-order valence-corrected chi connectivity index (χ2v) is 11.2. The second kappa shape index (κ2) is 11.2. The van der Waals surface area contributed by atoms with Crippen molar-refractivity contribution in [2.75, 3.05) is 0 Å². The number of hydrogen-bond acceptors (Lipinski definition) is 7. The molecule has 1 aliphatic heterocycles. The third kappa shape index (κ3) is 5.71. The Morgan fingerprint density at radius 1 is 1.22 bits per heavy atom. The minimum Gasteiger partial charge on any atom is -0.485 e. The highest BCUT2D eigenvalue weighted by molar-refractivity contribution is 7.10. The van der Waals surface area contributed by atoms with Gasteiger partial charge in [-0.05, 0) is 45.1 Å². The monoisotopic (exact) mass is 605 g/mol. The normalized spacial score (nSPS) is 14.2. The van der Waals surface area contributed by atoms with Crippen LogP contribution in [0.25, 0.3) is 17.1 Å². The summed E-state index contributed by atoms with van der Waals surface area (Å²) in [5.74, 6) is -3.76. The van der Waals surface area contributed by atoms with E-state index in [-0.39, 0.29) is 35.1 Å². The van der Waals surface area contributed by atoms with Crippen LogP contribution in [0, 0.1) is 17.5 Å². The van der Waals surface area contributed by atoms with E-state index in [1.807, 2.05) is 0 Å². The molecule has 0 saturated heterocycles. The van der Waals surface area contributed by atoms with Crippen molar-refractivity contribution in [3.05, 3.63) is 84.7 Å². The largest absolute Gasteiger partial charge is 0.485 e. The number of nitrogens with one attached hydrogen (secondary N) is 1. The quantitative estimate of drug-likeness (QED) is 0.305. The third-order valence-corrected chi connectivity index (χ3v) is 7.96. The van der Waals surface area contributed by atoms with Crippen LogP contribution in [0.3, 0.4) is 0 Å². The summed E-state index contributed by atoms with van der Waals surface area (Å²) >= 11 is 7.59. The molecular formula is C28H25ClF3N5O3S. The number of ether oxygens (including phenoxy) is 1. The van der Waals surface area contributed by atoms with Crippen LogP contribution in [-0.4, -0.2) is 25.4 Å². The Bertz CT molecular complexity index is 1820. The number of rotatable bonds is 6. The summed E-state index contributed by atoms with van der Waals surface area (Å²) in [4.78, 5) is 37.6. The molecule has 4 aromatic rings. The van der Waals surface area contributed by atoms with Gasteiger partial charge in [-0.2, -0.15) is 0 Å². The first-order chi connectivity index (χ1) is 20.2. The molecule has 5 rings (SSSR count). The van der Waals surface area contributed by atoms with E-state index in [9.17, 15) is 18.4 Å². The molecule has 8 nitrogen and oxygen atoms in total. The van der Waals surface area contributed by atoms with E-state index in [4.69, 9.17) is 19.1 Å². The standard InChI is InChI=1S/C28H25ClF3N5O3S/c1-14(38)36-28(2,3)27-35-20(13-41-27)24-23(32)25-15(10-34-24)6-4-5-7-17-9-21(22(29)26(39)37(17)25)40-12-19-18(31)8-16(30)11-33-19/h8-11,13H,4-7,12H2,1-3H3,(H,36,38)/i12D2. The first-order valence-electron chi connectivity index (χ1n) is 13.6. The zero-order valence-corrected chi connectivity index (χ0v) is 23.7. The summed E-state index contributed by atoms with van der Waals surface area (Å²) in [5, 5.41) is 4.35. The number of aryl methyl sites for hydroxylation is 2. The number of amides is 1. The van der Waals surface area contributed by atoms with E-state index in [2.05, 4.69) is 20.3 Å². The van der Waals surface area contributed by atoms with Crippen LogP contribution in [0.1, 0.15) is 58.3 Å². The van der Waals surface area contributed by atoms with Crippen molar-refractivity contribution in [2.45, 2.75) is 58.6 Å². The Labute approximate surface area is 245 Å². The first kappa shape index (κ1) is 26.1. The Morgan fingerprint density at radius 3 is 2.71 bits per heavy atom. The highest BCUT2D eigenvalue weighted by Gasteiger charge is 2.29. The van der Waals surface area contributed by atoms with E-state index < -0.39 is 51.6 Å². The van der Waals surface area contributed by atoms with Crippen molar-refractivity contribution >= 4 is 28.8 Å². The van der Waals surface area contributed by atoms with Crippen LogP contribution in [0.4, 0.5) is 13.2 Å². The van der Waals surface area contributed by atoms with Gasteiger partial charge in [-0.15, -0.1) is 11.3 Å². The highest BCUT2D eigenvalue weighted by atomic mass is 35.5. The van der Waals surface area contributed by atoms with Crippen LogP contribution >= 0.6 is 22.9 Å². The molecule has 0 bridgehead atoms. The van der Waals surface area contributed by atoms with E-state index in [0.717, 1.165) is 4.57 Å². The molecule has 0 aromatic carbocycles. The van der Waals surface area contributed by atoms with Crippen molar-refractivity contribution in [3.63, 3.8) is 0 Å². The lowest BCUT2D eigenvalue weighted by molar-refractivity contribution is -0.120. The molecule has 13 heteroatoms. The van der Waals surface area contributed by atoms with Crippen LogP contribution < -0.4 is 15.6 Å². The van der Waals surface area contributed by atoms with Crippen LogP contribution in [0.5, 0.6) is 5.75 Å². The summed E-state index contributed by atoms with van der Waals surface area (Å²) in [5.41, 5.74) is -1.78. The Hall–Kier alpha value is -3.77. The smallest absolute Gasteiger partial charge is 0.278 e. The maximum atomic E-state index is 16.4. The van der Waals surface area contributed by atoms with Gasteiger partial charge >= 0.3 is 0 Å². The lowest BCUT2D eigenvalue weighted by atomic mass is 10.0. The van der Waals surface area contributed by atoms with Gasteiger partial charge in [0, 0.05) is 36.3 Å². The maximum Gasteiger partial charge on any atom is 0.278 e. The number of aromatic nitrogens is 4. The fraction of sp³-hybridized carbons (Fsp3) is 0.321. The summed E-state index contributed by atoms with van der Waals surface area (Å²) in [7, 11) is 0. The van der Waals surface area contributed by atoms with Gasteiger partial charge in [-0.3, -0.25) is 24.1 Å². The van der Waals surface area contributed by atoms with Gasteiger partial charge in [0.25, 0.3) is 5.56 Å². The topological polar surface area (TPSA) is 99.0 Å². The number of nitrogens with zero attached hydrogens (tertiary/aromatic N) is 4. The number of thiazole rings is 1. The lowest BCUT2D eigenvalue weighted by Gasteiger charge is -2.23. The van der Waals surface area contributed by atoms with E-state index >= 15 is 4.39 Å². The molecule has 0 saturated carbocycles.